The van der Waals surface area contributed by atoms with E-state index in [2.05, 4.69) is 5.32 Å². The summed E-state index contributed by atoms with van der Waals surface area (Å²) in [6.45, 7) is 7.31. The number of hydrogen-bond donors (Lipinski definition) is 2. The van der Waals surface area contributed by atoms with Gasteiger partial charge in [-0.3, -0.25) is 0 Å². The first-order valence-corrected chi connectivity index (χ1v) is 7.22. The van der Waals surface area contributed by atoms with Gasteiger partial charge in [-0.1, -0.05) is 0 Å². The smallest absolute Gasteiger partial charge is 0.407 e. The van der Waals surface area contributed by atoms with Crippen LogP contribution in [0.1, 0.15) is 46.5 Å². The summed E-state index contributed by atoms with van der Waals surface area (Å²) in [5.41, 5.74) is -0.477. The second kappa shape index (κ2) is 7.36. The Morgan fingerprint density at radius 1 is 1.40 bits per heavy atom. The Hall–Kier alpha value is -1.46. The molecule has 1 heterocycles. The van der Waals surface area contributed by atoms with Crippen molar-refractivity contribution in [2.45, 2.75) is 52.1 Å². The minimum Gasteiger partial charge on any atom is -0.465 e. The number of ether oxygens (including phenoxy) is 1. The molecule has 0 radical (unpaired) electrons. The third-order valence-corrected chi connectivity index (χ3v) is 3.25. The van der Waals surface area contributed by atoms with Crippen LogP contribution in [0, 0.1) is 5.92 Å². The largest absolute Gasteiger partial charge is 0.465 e. The van der Waals surface area contributed by atoms with Gasteiger partial charge in [0.15, 0.2) is 0 Å². The fourth-order valence-corrected chi connectivity index (χ4v) is 2.37. The zero-order valence-electron chi connectivity index (χ0n) is 12.6. The topological polar surface area (TPSA) is 78.9 Å². The Morgan fingerprint density at radius 3 is 2.70 bits per heavy atom. The molecule has 2 amide bonds. The minimum absolute atomic E-state index is 0.395. The Labute approximate surface area is 120 Å². The fraction of sp³-hybridized carbons (Fsp3) is 0.857. The fourth-order valence-electron chi connectivity index (χ4n) is 2.37. The average molecular weight is 286 g/mol. The zero-order chi connectivity index (χ0) is 15.2. The van der Waals surface area contributed by atoms with Crippen molar-refractivity contribution >= 4 is 12.2 Å². The van der Waals surface area contributed by atoms with Crippen LogP contribution in [0.3, 0.4) is 0 Å². The maximum absolute atomic E-state index is 11.4. The third-order valence-electron chi connectivity index (χ3n) is 3.25. The number of carboxylic acid groups (broad SMARTS) is 1. The molecule has 1 fully saturated rings. The first kappa shape index (κ1) is 16.6. The molecular formula is C14H26N2O4. The predicted molar refractivity (Wildman–Crippen MR) is 75.8 cm³/mol. The van der Waals surface area contributed by atoms with E-state index in [0.717, 1.165) is 25.7 Å². The lowest BCUT2D eigenvalue weighted by Crippen LogP contribution is -2.39. The molecule has 0 aromatic rings. The number of nitrogens with one attached hydrogen (secondary N) is 1. The Morgan fingerprint density at radius 2 is 2.10 bits per heavy atom. The molecule has 116 valence electrons. The van der Waals surface area contributed by atoms with E-state index in [-0.39, 0.29) is 0 Å². The van der Waals surface area contributed by atoms with Gasteiger partial charge in [-0.15, -0.1) is 0 Å². The number of nitrogens with zero attached hydrogens (tertiary/aromatic N) is 1. The molecule has 1 aliphatic heterocycles. The zero-order valence-corrected chi connectivity index (χ0v) is 12.6. The highest BCUT2D eigenvalue weighted by Crippen LogP contribution is 2.20. The molecule has 0 unspecified atom stereocenters. The van der Waals surface area contributed by atoms with Crippen molar-refractivity contribution in [1.82, 2.24) is 10.2 Å². The maximum atomic E-state index is 11.4. The Kier molecular flexibility index (Phi) is 6.10. The van der Waals surface area contributed by atoms with Crippen molar-refractivity contribution in [3.63, 3.8) is 0 Å². The van der Waals surface area contributed by atoms with Crippen molar-refractivity contribution < 1.29 is 19.4 Å². The second-order valence-corrected chi connectivity index (χ2v) is 6.31. The molecule has 20 heavy (non-hydrogen) atoms. The maximum Gasteiger partial charge on any atom is 0.407 e. The van der Waals surface area contributed by atoms with Crippen molar-refractivity contribution in [3.8, 4) is 0 Å². The van der Waals surface area contributed by atoms with Gasteiger partial charge in [0.05, 0.1) is 0 Å². The number of rotatable bonds is 4. The number of piperidine rings is 1. The molecule has 1 rings (SSSR count). The molecule has 1 atom stereocenters. The highest BCUT2D eigenvalue weighted by atomic mass is 16.6. The number of alkyl carbamates (subject to hydrolysis) is 1. The van der Waals surface area contributed by atoms with E-state index in [0.29, 0.717) is 25.6 Å². The monoisotopic (exact) mass is 286 g/mol. The van der Waals surface area contributed by atoms with E-state index in [1.807, 2.05) is 20.8 Å². The van der Waals surface area contributed by atoms with Crippen LogP contribution in [0.2, 0.25) is 0 Å². The number of amides is 2. The summed E-state index contributed by atoms with van der Waals surface area (Å²) in [6.07, 6.45) is 2.54. The van der Waals surface area contributed by atoms with E-state index < -0.39 is 17.8 Å². The van der Waals surface area contributed by atoms with E-state index in [1.54, 1.807) is 0 Å². The van der Waals surface area contributed by atoms with Crippen LogP contribution >= 0.6 is 0 Å². The number of carbonyl (C=O) groups excluding carboxylic acids is 1. The molecule has 0 aromatic carbocycles. The summed E-state index contributed by atoms with van der Waals surface area (Å²) in [5.74, 6) is 0.403. The lowest BCUT2D eigenvalue weighted by molar-refractivity contribution is 0.0526. The lowest BCUT2D eigenvalue weighted by atomic mass is 9.93. The van der Waals surface area contributed by atoms with E-state index in [1.165, 1.54) is 4.90 Å². The summed E-state index contributed by atoms with van der Waals surface area (Å²) < 4.78 is 5.14. The van der Waals surface area contributed by atoms with Gasteiger partial charge in [-0.25, -0.2) is 9.59 Å². The quantitative estimate of drug-likeness (QED) is 0.779. The Balaban J connectivity index is 2.15. The van der Waals surface area contributed by atoms with E-state index in [4.69, 9.17) is 9.84 Å². The van der Waals surface area contributed by atoms with Gasteiger partial charge in [-0.2, -0.15) is 0 Å². The molecular weight excluding hydrogens is 260 g/mol. The van der Waals surface area contributed by atoms with Crippen molar-refractivity contribution in [3.05, 3.63) is 0 Å². The minimum atomic E-state index is -0.832. The van der Waals surface area contributed by atoms with Gasteiger partial charge in [0, 0.05) is 19.6 Å². The van der Waals surface area contributed by atoms with Crippen LogP contribution in [0.4, 0.5) is 9.59 Å². The van der Waals surface area contributed by atoms with Crippen LogP contribution in [0.25, 0.3) is 0 Å². The molecule has 0 saturated carbocycles. The number of carbonyl (C=O) groups is 2. The van der Waals surface area contributed by atoms with Crippen molar-refractivity contribution in [1.29, 1.82) is 0 Å². The van der Waals surface area contributed by atoms with Gasteiger partial charge in [-0.05, 0) is 52.4 Å². The van der Waals surface area contributed by atoms with Crippen LogP contribution in [-0.4, -0.2) is 47.4 Å². The summed E-state index contributed by atoms with van der Waals surface area (Å²) in [4.78, 5) is 23.8. The first-order chi connectivity index (χ1) is 9.28. The summed E-state index contributed by atoms with van der Waals surface area (Å²) in [6, 6.07) is 0. The van der Waals surface area contributed by atoms with Crippen LogP contribution in [0.5, 0.6) is 0 Å². The molecule has 6 nitrogen and oxygen atoms in total. The van der Waals surface area contributed by atoms with Gasteiger partial charge >= 0.3 is 12.2 Å². The molecule has 1 saturated heterocycles. The molecule has 0 bridgehead atoms. The summed E-state index contributed by atoms with van der Waals surface area (Å²) >= 11 is 0. The van der Waals surface area contributed by atoms with E-state index in [9.17, 15) is 9.59 Å². The van der Waals surface area contributed by atoms with Gasteiger partial charge in [0.25, 0.3) is 0 Å². The molecule has 2 N–H and O–H groups in total. The molecule has 1 aliphatic rings. The van der Waals surface area contributed by atoms with E-state index >= 15 is 0 Å². The second-order valence-electron chi connectivity index (χ2n) is 6.31. The highest BCUT2D eigenvalue weighted by Gasteiger charge is 2.22. The lowest BCUT2D eigenvalue weighted by Gasteiger charge is -2.30. The van der Waals surface area contributed by atoms with Gasteiger partial charge < -0.3 is 20.1 Å². The number of likely N-dealkylation sites (tertiary alicyclic amines) is 1. The van der Waals surface area contributed by atoms with Crippen molar-refractivity contribution in [2.75, 3.05) is 19.6 Å². The van der Waals surface area contributed by atoms with Crippen LogP contribution in [-0.2, 0) is 4.74 Å². The Bertz CT molecular complexity index is 339. The van der Waals surface area contributed by atoms with Crippen molar-refractivity contribution in [2.24, 2.45) is 5.92 Å². The predicted octanol–water partition coefficient (Wildman–Crippen LogP) is 2.68. The average Bonchev–Trinajstić information content (AvgIpc) is 2.33. The van der Waals surface area contributed by atoms with Gasteiger partial charge in [0.2, 0.25) is 0 Å². The van der Waals surface area contributed by atoms with Crippen LogP contribution in [0.15, 0.2) is 0 Å². The van der Waals surface area contributed by atoms with Crippen LogP contribution < -0.4 is 5.32 Å². The molecule has 0 spiro atoms. The third kappa shape index (κ3) is 6.63. The number of hydrogen-bond acceptors (Lipinski definition) is 3. The van der Waals surface area contributed by atoms with Gasteiger partial charge in [0.1, 0.15) is 5.60 Å². The highest BCUT2D eigenvalue weighted by molar-refractivity contribution is 5.67. The molecule has 0 aromatic heterocycles. The summed E-state index contributed by atoms with van der Waals surface area (Å²) in [7, 11) is 0. The SMILES string of the molecule is CC(C)(C)OC(=O)NCCC[C@H]1CCCN(C(=O)O)C1. The standard InChI is InChI=1S/C14H26N2O4/c1-14(2,3)20-12(17)15-8-4-6-11-7-5-9-16(10-11)13(18)19/h11H,4-10H2,1-3H3,(H,15,17)(H,18,19)/t11-/m0/s1. The first-order valence-electron chi connectivity index (χ1n) is 7.22. The molecule has 0 aliphatic carbocycles. The summed E-state index contributed by atoms with van der Waals surface area (Å²) in [5, 5.41) is 11.7. The normalized spacial score (nSPS) is 19.6. The molecule has 6 heteroatoms.